The minimum atomic E-state index is -3.19. The van der Waals surface area contributed by atoms with E-state index in [9.17, 15) is 8.42 Å². The lowest BCUT2D eigenvalue weighted by atomic mass is 10.1. The maximum atomic E-state index is 11.5. The number of aryl methyl sites for hydroxylation is 2. The van der Waals surface area contributed by atoms with Crippen molar-refractivity contribution in [2.75, 3.05) is 24.2 Å². The molecule has 1 saturated heterocycles. The summed E-state index contributed by atoms with van der Waals surface area (Å²) in [5.41, 5.74) is 2.10. The average molecular weight is 418 g/mol. The third-order valence-electron chi connectivity index (χ3n) is 5.10. The highest BCUT2D eigenvalue weighted by atomic mass is 32.2. The molecule has 0 aliphatic carbocycles. The molecule has 0 bridgehead atoms. The van der Waals surface area contributed by atoms with E-state index in [-0.39, 0.29) is 6.04 Å². The van der Waals surface area contributed by atoms with Crippen LogP contribution in [0.15, 0.2) is 24.5 Å². The minimum Gasteiger partial charge on any atom is -0.356 e. The van der Waals surface area contributed by atoms with E-state index in [0.29, 0.717) is 5.82 Å². The molecular weight excluding hydrogens is 394 g/mol. The Kier molecular flexibility index (Phi) is 5.07. The summed E-state index contributed by atoms with van der Waals surface area (Å²) in [7, 11) is -3.19. The lowest BCUT2D eigenvalue weighted by Gasteiger charge is -2.33. The molecule has 9 heteroatoms. The largest absolute Gasteiger partial charge is 0.356 e. The molecule has 0 aromatic carbocycles. The molecule has 0 amide bonds. The Bertz CT molecular complexity index is 1100. The van der Waals surface area contributed by atoms with E-state index in [0.717, 1.165) is 47.5 Å². The summed E-state index contributed by atoms with van der Waals surface area (Å²) < 4.78 is 25.8. The first-order valence-electron chi connectivity index (χ1n) is 9.22. The van der Waals surface area contributed by atoms with Gasteiger partial charge in [0.1, 0.15) is 10.6 Å². The summed E-state index contributed by atoms with van der Waals surface area (Å²) in [6, 6.07) is 3.83. The quantitative estimate of drug-likeness (QED) is 0.702. The van der Waals surface area contributed by atoms with E-state index in [4.69, 9.17) is 9.97 Å². The number of pyridine rings is 1. The second kappa shape index (κ2) is 7.38. The number of thiophene rings is 1. The number of piperidine rings is 1. The molecule has 148 valence electrons. The van der Waals surface area contributed by atoms with E-state index in [1.807, 2.05) is 12.1 Å². The van der Waals surface area contributed by atoms with Crippen molar-refractivity contribution in [2.24, 2.45) is 0 Å². The fraction of sp³-hybridized carbons (Fsp3) is 0.421. The van der Waals surface area contributed by atoms with Gasteiger partial charge < -0.3 is 4.90 Å². The van der Waals surface area contributed by atoms with Crippen LogP contribution in [-0.2, 0) is 10.0 Å². The molecule has 3 aromatic heterocycles. The van der Waals surface area contributed by atoms with E-state index in [1.165, 1.54) is 16.7 Å². The van der Waals surface area contributed by atoms with E-state index < -0.39 is 10.0 Å². The number of nitrogens with zero attached hydrogens (tertiary/aromatic N) is 4. The molecule has 1 fully saturated rings. The van der Waals surface area contributed by atoms with Crippen LogP contribution in [0, 0.1) is 13.8 Å². The molecule has 0 spiro atoms. The Balaban J connectivity index is 1.72. The number of fused-ring (bicyclic) bond motifs is 1. The molecule has 1 aliphatic heterocycles. The molecule has 0 radical (unpaired) electrons. The van der Waals surface area contributed by atoms with Crippen molar-refractivity contribution >= 4 is 37.4 Å². The van der Waals surface area contributed by atoms with Crippen molar-refractivity contribution in [3.8, 4) is 11.4 Å². The number of nitrogens with one attached hydrogen (secondary N) is 1. The summed E-state index contributed by atoms with van der Waals surface area (Å²) in [6.07, 6.45) is 6.24. The van der Waals surface area contributed by atoms with Gasteiger partial charge in [0.05, 0.1) is 11.6 Å². The molecule has 4 rings (SSSR count). The van der Waals surface area contributed by atoms with E-state index in [2.05, 4.69) is 28.5 Å². The summed E-state index contributed by atoms with van der Waals surface area (Å²) in [5.74, 6) is 1.61. The molecule has 4 heterocycles. The van der Waals surface area contributed by atoms with Crippen LogP contribution < -0.4 is 9.62 Å². The molecule has 1 aliphatic rings. The normalized spacial score (nSPS) is 16.0. The first-order chi connectivity index (χ1) is 13.3. The van der Waals surface area contributed by atoms with Gasteiger partial charge in [-0.05, 0) is 44.4 Å². The highest BCUT2D eigenvalue weighted by molar-refractivity contribution is 7.88. The fourth-order valence-corrected chi connectivity index (χ4v) is 5.46. The predicted molar refractivity (Wildman–Crippen MR) is 113 cm³/mol. The third kappa shape index (κ3) is 3.87. The van der Waals surface area contributed by atoms with Gasteiger partial charge in [-0.1, -0.05) is 0 Å². The summed E-state index contributed by atoms with van der Waals surface area (Å²) in [5, 5.41) is 1.10. The van der Waals surface area contributed by atoms with Crippen molar-refractivity contribution in [1.82, 2.24) is 19.7 Å². The second-order valence-electron chi connectivity index (χ2n) is 7.23. The molecule has 0 saturated carbocycles. The summed E-state index contributed by atoms with van der Waals surface area (Å²) in [4.78, 5) is 18.4. The van der Waals surface area contributed by atoms with Gasteiger partial charge in [-0.2, -0.15) is 0 Å². The van der Waals surface area contributed by atoms with Crippen molar-refractivity contribution < 1.29 is 8.42 Å². The SMILES string of the molecule is Cc1sc2nc(-c3cccnc3)nc(N3CCC(NS(C)(=O)=O)CC3)c2c1C. The van der Waals surface area contributed by atoms with E-state index >= 15 is 0 Å². The van der Waals surface area contributed by atoms with Crippen molar-refractivity contribution in [3.05, 3.63) is 35.0 Å². The summed E-state index contributed by atoms with van der Waals surface area (Å²) in [6.45, 7) is 5.72. The van der Waals surface area contributed by atoms with Crippen LogP contribution in [0.2, 0.25) is 0 Å². The van der Waals surface area contributed by atoms with Crippen molar-refractivity contribution in [2.45, 2.75) is 32.7 Å². The number of aromatic nitrogens is 3. The van der Waals surface area contributed by atoms with Gasteiger partial charge in [-0.15, -0.1) is 11.3 Å². The molecule has 7 nitrogen and oxygen atoms in total. The van der Waals surface area contributed by atoms with Gasteiger partial charge in [0.2, 0.25) is 10.0 Å². The van der Waals surface area contributed by atoms with Crippen LogP contribution in [0.4, 0.5) is 5.82 Å². The summed E-state index contributed by atoms with van der Waals surface area (Å²) >= 11 is 1.68. The van der Waals surface area contributed by atoms with Crippen molar-refractivity contribution in [3.63, 3.8) is 0 Å². The topological polar surface area (TPSA) is 88.1 Å². The maximum Gasteiger partial charge on any atom is 0.208 e. The first kappa shape index (κ1) is 19.2. The Morgan fingerprint density at radius 2 is 1.96 bits per heavy atom. The Hall–Kier alpha value is -2.10. The van der Waals surface area contributed by atoms with Crippen molar-refractivity contribution in [1.29, 1.82) is 0 Å². The second-order valence-corrected chi connectivity index (χ2v) is 10.2. The molecular formula is C19H23N5O2S2. The first-order valence-corrected chi connectivity index (χ1v) is 11.9. The van der Waals surface area contributed by atoms with Crippen LogP contribution in [0.5, 0.6) is 0 Å². The van der Waals surface area contributed by atoms with Crippen LogP contribution in [0.1, 0.15) is 23.3 Å². The standard InChI is InChI=1S/C19H23N5O2S2/c1-12-13(2)27-19-16(12)18(21-17(22-19)14-5-4-8-20-11-14)24-9-6-15(7-10-24)23-28(3,25)26/h4-5,8,11,15,23H,6-7,9-10H2,1-3H3. The molecule has 0 unspecified atom stereocenters. The zero-order chi connectivity index (χ0) is 19.9. The van der Waals surface area contributed by atoms with Gasteiger partial charge >= 0.3 is 0 Å². The Labute approximate surface area is 168 Å². The lowest BCUT2D eigenvalue weighted by molar-refractivity contribution is 0.460. The van der Waals surface area contributed by atoms with E-state index in [1.54, 1.807) is 23.7 Å². The Morgan fingerprint density at radius 1 is 1.21 bits per heavy atom. The molecule has 1 N–H and O–H groups in total. The highest BCUT2D eigenvalue weighted by Gasteiger charge is 2.26. The predicted octanol–water partition coefficient (Wildman–Crippen LogP) is 2.89. The van der Waals surface area contributed by atoms with Crippen LogP contribution in [0.3, 0.4) is 0 Å². The van der Waals surface area contributed by atoms with Gasteiger partial charge in [0, 0.05) is 42.0 Å². The molecule has 0 atom stereocenters. The van der Waals surface area contributed by atoms with Gasteiger partial charge in [0.15, 0.2) is 5.82 Å². The number of anilines is 1. The molecule has 28 heavy (non-hydrogen) atoms. The number of hydrogen-bond donors (Lipinski definition) is 1. The van der Waals surface area contributed by atoms with Gasteiger partial charge in [0.25, 0.3) is 0 Å². The lowest BCUT2D eigenvalue weighted by Crippen LogP contribution is -2.44. The van der Waals surface area contributed by atoms with Crippen LogP contribution in [-0.4, -0.2) is 48.8 Å². The third-order valence-corrected chi connectivity index (χ3v) is 6.97. The number of hydrogen-bond acceptors (Lipinski definition) is 7. The number of rotatable bonds is 4. The fourth-order valence-electron chi connectivity index (χ4n) is 3.59. The monoisotopic (exact) mass is 417 g/mol. The van der Waals surface area contributed by atoms with Gasteiger partial charge in [-0.3, -0.25) is 4.98 Å². The minimum absolute atomic E-state index is 0.0216. The average Bonchev–Trinajstić information content (AvgIpc) is 2.95. The zero-order valence-corrected chi connectivity index (χ0v) is 17.8. The molecule has 3 aromatic rings. The number of sulfonamides is 1. The zero-order valence-electron chi connectivity index (χ0n) is 16.1. The Morgan fingerprint density at radius 3 is 2.61 bits per heavy atom. The van der Waals surface area contributed by atoms with Crippen LogP contribution >= 0.6 is 11.3 Å². The van der Waals surface area contributed by atoms with Crippen LogP contribution in [0.25, 0.3) is 21.6 Å². The maximum absolute atomic E-state index is 11.5. The van der Waals surface area contributed by atoms with Gasteiger partial charge in [-0.25, -0.2) is 23.1 Å². The smallest absolute Gasteiger partial charge is 0.208 e. The highest BCUT2D eigenvalue weighted by Crippen LogP contribution is 2.37.